The molecule has 0 spiro atoms. The van der Waals surface area contributed by atoms with E-state index < -0.39 is 15.8 Å². The molecule has 6 unspecified atom stereocenters. The first-order chi connectivity index (χ1) is 21.1. The second-order valence-corrected chi connectivity index (χ2v) is 14.6. The molecular weight excluding hydrogens is 598 g/mol. The van der Waals surface area contributed by atoms with E-state index in [0.717, 1.165) is 42.9 Å². The standard InChI is InChI=1S/C34H42ClN3O5S/c1-4-6-7-16-44(36,41)37-34(40)24-11-15-33-31(18-24)38(19-25-10-13-29(25)32(5-2)43-22(3)39)20-30-26(21-42-33)9-8-23-17-27(35)12-14-28(23)30/h4-5,11-12,14-15,17-18,25-26,29-30,32H,1-2,6-10,13,16,19-21H2,3H3,(H2,36,37,40,41). The third kappa shape index (κ3) is 7.38. The van der Waals surface area contributed by atoms with Crippen molar-refractivity contribution in [2.75, 3.05) is 30.3 Å². The Labute approximate surface area is 265 Å². The number of esters is 1. The van der Waals surface area contributed by atoms with Crippen LogP contribution in [-0.4, -0.2) is 47.6 Å². The predicted octanol–water partition coefficient (Wildman–Crippen LogP) is 6.48. The molecule has 0 aromatic heterocycles. The summed E-state index contributed by atoms with van der Waals surface area (Å²) in [7, 11) is -3.17. The number of fused-ring (bicyclic) bond motifs is 4. The van der Waals surface area contributed by atoms with Crippen LogP contribution in [0.3, 0.4) is 0 Å². The van der Waals surface area contributed by atoms with E-state index in [1.54, 1.807) is 24.3 Å². The number of aryl methyl sites for hydroxylation is 1. The van der Waals surface area contributed by atoms with Crippen molar-refractivity contribution < 1.29 is 23.3 Å². The predicted molar refractivity (Wildman–Crippen MR) is 176 cm³/mol. The van der Waals surface area contributed by atoms with E-state index in [-0.39, 0.29) is 35.6 Å². The summed E-state index contributed by atoms with van der Waals surface area (Å²) in [6.07, 6.45) is 8.13. The fourth-order valence-corrected chi connectivity index (χ4v) is 8.09. The molecule has 0 saturated heterocycles. The molecule has 1 aliphatic heterocycles. The normalized spacial score (nSPS) is 24.3. The number of amides is 1. The van der Waals surface area contributed by atoms with Crippen LogP contribution in [-0.2, 0) is 25.9 Å². The number of allylic oxidation sites excluding steroid dienone is 1. The van der Waals surface area contributed by atoms with E-state index in [1.165, 1.54) is 18.1 Å². The minimum atomic E-state index is -3.17. The second kappa shape index (κ2) is 13.9. The number of hydrogen-bond acceptors (Lipinski definition) is 6. The molecule has 1 saturated carbocycles. The first-order valence-electron chi connectivity index (χ1n) is 15.4. The van der Waals surface area contributed by atoms with E-state index in [1.807, 2.05) is 12.1 Å². The fourth-order valence-electron chi connectivity index (χ4n) is 6.83. The maximum absolute atomic E-state index is 13.3. The van der Waals surface area contributed by atoms with E-state index in [4.69, 9.17) is 26.2 Å². The van der Waals surface area contributed by atoms with Gasteiger partial charge >= 0.3 is 5.97 Å². The molecule has 2 N–H and O–H groups in total. The highest BCUT2D eigenvalue weighted by molar-refractivity contribution is 7.91. The van der Waals surface area contributed by atoms with Crippen LogP contribution < -0.4 is 14.8 Å². The van der Waals surface area contributed by atoms with Crippen molar-refractivity contribution in [2.45, 2.75) is 57.5 Å². The lowest BCUT2D eigenvalue weighted by atomic mass is 9.69. The second-order valence-electron chi connectivity index (χ2n) is 12.2. The monoisotopic (exact) mass is 639 g/mol. The number of hydrogen-bond donors (Lipinski definition) is 1. The Balaban J connectivity index is 1.50. The van der Waals surface area contributed by atoms with Gasteiger partial charge in [0.15, 0.2) is 0 Å². The quantitative estimate of drug-likeness (QED) is 0.181. The lowest BCUT2D eigenvalue weighted by Gasteiger charge is -2.46. The number of rotatable bonds is 10. The van der Waals surface area contributed by atoms with Gasteiger partial charge in [0.25, 0.3) is 5.91 Å². The number of unbranched alkanes of at least 4 members (excludes halogenated alkanes) is 1. The minimum Gasteiger partial charge on any atom is -0.491 e. The lowest BCUT2D eigenvalue weighted by molar-refractivity contribution is -0.149. The van der Waals surface area contributed by atoms with Gasteiger partial charge in [-0.3, -0.25) is 9.59 Å². The van der Waals surface area contributed by atoms with Gasteiger partial charge in [-0.25, -0.2) is 9.35 Å². The van der Waals surface area contributed by atoms with Crippen LogP contribution in [0, 0.1) is 17.8 Å². The first kappa shape index (κ1) is 32.3. The molecule has 1 heterocycles. The molecule has 0 radical (unpaired) electrons. The molecule has 8 nitrogen and oxygen atoms in total. The SMILES string of the molecule is C=CCCCS(N)(=O)=NC(=O)c1ccc2c(c1)N(CC1CCC1C(C=C)OC(C)=O)CC1c3ccc(Cl)cc3CCC1CO2. The summed E-state index contributed by atoms with van der Waals surface area (Å²) in [5.41, 5.74) is 3.64. The van der Waals surface area contributed by atoms with E-state index in [9.17, 15) is 13.8 Å². The number of nitrogens with zero attached hydrogens (tertiary/aromatic N) is 2. The number of anilines is 1. The zero-order valence-electron chi connectivity index (χ0n) is 25.3. The molecule has 2 aromatic rings. The smallest absolute Gasteiger partial charge is 0.303 e. The fraction of sp³-hybridized carbons (Fsp3) is 0.471. The summed E-state index contributed by atoms with van der Waals surface area (Å²) >= 11 is 6.37. The summed E-state index contributed by atoms with van der Waals surface area (Å²) in [6.45, 7) is 11.0. The molecule has 2 aromatic carbocycles. The van der Waals surface area contributed by atoms with Gasteiger partial charge in [0, 0.05) is 54.1 Å². The van der Waals surface area contributed by atoms with Gasteiger partial charge in [0.1, 0.15) is 21.8 Å². The Bertz CT molecular complexity index is 1550. The molecule has 10 heteroatoms. The average Bonchev–Trinajstić information content (AvgIpc) is 2.95. The molecule has 44 heavy (non-hydrogen) atoms. The van der Waals surface area contributed by atoms with Gasteiger partial charge in [0.2, 0.25) is 0 Å². The highest BCUT2D eigenvalue weighted by Gasteiger charge is 2.41. The lowest BCUT2D eigenvalue weighted by Crippen LogP contribution is -2.46. The molecule has 5 rings (SSSR count). The maximum Gasteiger partial charge on any atom is 0.303 e. The van der Waals surface area contributed by atoms with Crippen LogP contribution in [0.5, 0.6) is 5.75 Å². The molecule has 3 aliphatic rings. The summed E-state index contributed by atoms with van der Waals surface area (Å²) in [4.78, 5) is 27.4. The Hall–Kier alpha value is -3.14. The Morgan fingerprint density at radius 2 is 2.05 bits per heavy atom. The van der Waals surface area contributed by atoms with E-state index in [0.29, 0.717) is 43.2 Å². The van der Waals surface area contributed by atoms with Crippen LogP contribution in [0.2, 0.25) is 5.02 Å². The van der Waals surface area contributed by atoms with Crippen LogP contribution in [0.25, 0.3) is 0 Å². The van der Waals surface area contributed by atoms with Gasteiger partial charge < -0.3 is 14.4 Å². The Kier molecular flexibility index (Phi) is 10.2. The van der Waals surface area contributed by atoms with Gasteiger partial charge in [-0.2, -0.15) is 0 Å². The van der Waals surface area contributed by atoms with Gasteiger partial charge in [-0.05, 0) is 85.9 Å². The topological polar surface area (TPSA) is 111 Å². The van der Waals surface area contributed by atoms with Crippen LogP contribution in [0.1, 0.15) is 66.4 Å². The first-order valence-corrected chi connectivity index (χ1v) is 17.5. The van der Waals surface area contributed by atoms with Crippen molar-refractivity contribution in [1.29, 1.82) is 0 Å². The Morgan fingerprint density at radius 1 is 1.23 bits per heavy atom. The molecule has 236 valence electrons. The summed E-state index contributed by atoms with van der Waals surface area (Å²) in [6, 6.07) is 11.4. The molecule has 1 amide bonds. The molecular formula is C34H42ClN3O5S. The van der Waals surface area contributed by atoms with Crippen molar-refractivity contribution in [1.82, 2.24) is 0 Å². The van der Waals surface area contributed by atoms with Crippen LogP contribution >= 0.6 is 11.6 Å². The van der Waals surface area contributed by atoms with Crippen molar-refractivity contribution in [2.24, 2.45) is 27.3 Å². The highest BCUT2D eigenvalue weighted by Crippen LogP contribution is 2.45. The van der Waals surface area contributed by atoms with Crippen LogP contribution in [0.4, 0.5) is 5.69 Å². The zero-order valence-corrected chi connectivity index (χ0v) is 26.9. The molecule has 0 bridgehead atoms. The maximum atomic E-state index is 13.3. The number of nitrogens with two attached hydrogens (primary N) is 1. The largest absolute Gasteiger partial charge is 0.491 e. The zero-order chi connectivity index (χ0) is 31.4. The van der Waals surface area contributed by atoms with E-state index >= 15 is 0 Å². The van der Waals surface area contributed by atoms with Gasteiger partial charge in [0.05, 0.1) is 12.3 Å². The third-order valence-electron chi connectivity index (χ3n) is 9.24. The number of carbonyl (C=O) groups is 2. The average molecular weight is 640 g/mol. The molecule has 2 aliphatic carbocycles. The Morgan fingerprint density at radius 3 is 2.75 bits per heavy atom. The highest BCUT2D eigenvalue weighted by atomic mass is 35.5. The number of ether oxygens (including phenoxy) is 2. The van der Waals surface area contributed by atoms with Gasteiger partial charge in [-0.15, -0.1) is 10.9 Å². The number of halogens is 1. The number of benzene rings is 2. The van der Waals surface area contributed by atoms with Gasteiger partial charge in [-0.1, -0.05) is 36.4 Å². The summed E-state index contributed by atoms with van der Waals surface area (Å²) in [5, 5.41) is 6.67. The number of carbonyl (C=O) groups excluding carboxylic acids is 2. The van der Waals surface area contributed by atoms with Crippen molar-refractivity contribution >= 4 is 39.1 Å². The van der Waals surface area contributed by atoms with Crippen LogP contribution in [0.15, 0.2) is 66.1 Å². The summed E-state index contributed by atoms with van der Waals surface area (Å²) in [5.74, 6) is 0.781. The van der Waals surface area contributed by atoms with E-state index in [2.05, 4.69) is 34.6 Å². The third-order valence-corrected chi connectivity index (χ3v) is 10.8. The molecule has 6 atom stereocenters. The van der Waals surface area contributed by atoms with Crippen molar-refractivity contribution in [3.63, 3.8) is 0 Å². The summed E-state index contributed by atoms with van der Waals surface area (Å²) < 4.78 is 28.9. The van der Waals surface area contributed by atoms with Crippen molar-refractivity contribution in [3.05, 3.63) is 83.4 Å². The minimum absolute atomic E-state index is 0.118. The van der Waals surface area contributed by atoms with Crippen molar-refractivity contribution in [3.8, 4) is 5.75 Å². The molecule has 1 fully saturated rings.